The number of esters is 1. The summed E-state index contributed by atoms with van der Waals surface area (Å²) in [6.45, 7) is 6.27. The number of imidazole rings is 1. The van der Waals surface area contributed by atoms with E-state index in [2.05, 4.69) is 16.9 Å². The maximum absolute atomic E-state index is 11.6. The summed E-state index contributed by atoms with van der Waals surface area (Å²) in [6.07, 6.45) is 3.47. The second kappa shape index (κ2) is 6.58. The number of nitrogens with one attached hydrogen (secondary N) is 1. The maximum atomic E-state index is 11.6. The first-order valence-electron chi connectivity index (χ1n) is 5.58. The molecule has 16 heavy (non-hydrogen) atoms. The number of aryl methyl sites for hydroxylation is 1. The van der Waals surface area contributed by atoms with Crippen LogP contribution >= 0.6 is 11.8 Å². The first-order chi connectivity index (χ1) is 7.71. The van der Waals surface area contributed by atoms with Crippen LogP contribution in [0.4, 0.5) is 0 Å². The van der Waals surface area contributed by atoms with E-state index in [-0.39, 0.29) is 11.2 Å². The van der Waals surface area contributed by atoms with Gasteiger partial charge in [0, 0.05) is 11.9 Å². The summed E-state index contributed by atoms with van der Waals surface area (Å²) >= 11 is 1.43. The van der Waals surface area contributed by atoms with Crippen molar-refractivity contribution < 1.29 is 9.53 Å². The van der Waals surface area contributed by atoms with Gasteiger partial charge >= 0.3 is 5.97 Å². The minimum Gasteiger partial charge on any atom is -0.465 e. The lowest BCUT2D eigenvalue weighted by Crippen LogP contribution is -2.19. The number of H-pyrrole nitrogens is 1. The van der Waals surface area contributed by atoms with Gasteiger partial charge in [-0.05, 0) is 19.8 Å². The number of carbonyl (C=O) groups is 1. The highest BCUT2D eigenvalue weighted by atomic mass is 32.2. The number of hydrogen-bond donors (Lipinski definition) is 1. The number of aromatic amines is 1. The predicted octanol–water partition coefficient (Wildman–Crippen LogP) is 2.41. The van der Waals surface area contributed by atoms with Crippen LogP contribution in [-0.2, 0) is 16.0 Å². The number of aromatic nitrogens is 2. The first kappa shape index (κ1) is 13.1. The molecule has 0 spiro atoms. The lowest BCUT2D eigenvalue weighted by Gasteiger charge is -2.10. The number of rotatable bonds is 6. The molecule has 5 heteroatoms. The van der Waals surface area contributed by atoms with Crippen LogP contribution in [0.3, 0.4) is 0 Å². The Bertz CT molecular complexity index is 338. The smallest absolute Gasteiger partial charge is 0.319 e. The van der Waals surface area contributed by atoms with Crippen molar-refractivity contribution in [2.75, 3.05) is 6.61 Å². The average molecular weight is 242 g/mol. The van der Waals surface area contributed by atoms with E-state index in [1.807, 2.05) is 13.8 Å². The molecule has 0 radical (unpaired) electrons. The molecule has 1 atom stereocenters. The van der Waals surface area contributed by atoms with Gasteiger partial charge in [0.25, 0.3) is 0 Å². The Morgan fingerprint density at radius 2 is 2.31 bits per heavy atom. The van der Waals surface area contributed by atoms with Crippen LogP contribution in [0.5, 0.6) is 0 Å². The van der Waals surface area contributed by atoms with Crippen molar-refractivity contribution in [3.05, 3.63) is 11.9 Å². The second-order valence-electron chi connectivity index (χ2n) is 3.33. The van der Waals surface area contributed by atoms with Crippen LogP contribution in [0, 0.1) is 0 Å². The van der Waals surface area contributed by atoms with Crippen LogP contribution in [-0.4, -0.2) is 27.8 Å². The molecule has 0 aliphatic carbocycles. The van der Waals surface area contributed by atoms with Crippen LogP contribution < -0.4 is 0 Å². The Balaban J connectivity index is 2.58. The monoisotopic (exact) mass is 242 g/mol. The van der Waals surface area contributed by atoms with E-state index in [0.717, 1.165) is 23.7 Å². The first-order valence-corrected chi connectivity index (χ1v) is 6.46. The Hall–Kier alpha value is -0.970. The normalized spacial score (nSPS) is 12.4. The fourth-order valence-electron chi connectivity index (χ4n) is 1.25. The minimum absolute atomic E-state index is 0.163. The summed E-state index contributed by atoms with van der Waals surface area (Å²) in [5, 5.41) is 0.618. The summed E-state index contributed by atoms with van der Waals surface area (Å²) in [5.74, 6) is -0.163. The molecule has 1 rings (SSSR count). The van der Waals surface area contributed by atoms with Crippen LogP contribution in [0.15, 0.2) is 11.4 Å². The van der Waals surface area contributed by atoms with Crippen molar-refractivity contribution in [1.82, 2.24) is 9.97 Å². The Morgan fingerprint density at radius 3 is 2.81 bits per heavy atom. The van der Waals surface area contributed by atoms with Crippen molar-refractivity contribution in [3.8, 4) is 0 Å². The highest BCUT2D eigenvalue weighted by Gasteiger charge is 2.20. The molecule has 90 valence electrons. The van der Waals surface area contributed by atoms with Crippen molar-refractivity contribution >= 4 is 17.7 Å². The van der Waals surface area contributed by atoms with Gasteiger partial charge in [-0.2, -0.15) is 0 Å². The van der Waals surface area contributed by atoms with E-state index in [1.54, 1.807) is 6.20 Å². The van der Waals surface area contributed by atoms with E-state index in [0.29, 0.717) is 6.61 Å². The van der Waals surface area contributed by atoms with Crippen molar-refractivity contribution in [1.29, 1.82) is 0 Å². The third-order valence-corrected chi connectivity index (χ3v) is 3.40. The molecule has 0 unspecified atom stereocenters. The van der Waals surface area contributed by atoms with Gasteiger partial charge in [-0.25, -0.2) is 4.98 Å². The zero-order valence-corrected chi connectivity index (χ0v) is 10.8. The topological polar surface area (TPSA) is 55.0 Å². The van der Waals surface area contributed by atoms with Gasteiger partial charge in [-0.3, -0.25) is 4.79 Å². The second-order valence-corrected chi connectivity index (χ2v) is 4.53. The SMILES string of the molecule is CCOC(=O)[C@@H](CC)Sc1ncc(CC)[nH]1. The molecule has 0 bridgehead atoms. The fraction of sp³-hybridized carbons (Fsp3) is 0.636. The van der Waals surface area contributed by atoms with Crippen LogP contribution in [0.25, 0.3) is 0 Å². The lowest BCUT2D eigenvalue weighted by atomic mass is 10.3. The summed E-state index contributed by atoms with van der Waals surface area (Å²) < 4.78 is 5.00. The highest BCUT2D eigenvalue weighted by molar-refractivity contribution is 8.00. The van der Waals surface area contributed by atoms with Gasteiger partial charge in [-0.1, -0.05) is 25.6 Å². The van der Waals surface area contributed by atoms with Gasteiger partial charge < -0.3 is 9.72 Å². The molecule has 1 N–H and O–H groups in total. The summed E-state index contributed by atoms with van der Waals surface area (Å²) in [7, 11) is 0. The van der Waals surface area contributed by atoms with Crippen LogP contribution in [0.1, 0.15) is 32.9 Å². The van der Waals surface area contributed by atoms with Gasteiger partial charge in [0.2, 0.25) is 0 Å². The summed E-state index contributed by atoms with van der Waals surface area (Å²) in [4.78, 5) is 19.0. The zero-order valence-electron chi connectivity index (χ0n) is 9.95. The van der Waals surface area contributed by atoms with Gasteiger partial charge in [0.1, 0.15) is 5.25 Å². The third kappa shape index (κ3) is 3.56. The van der Waals surface area contributed by atoms with Crippen molar-refractivity contribution in [2.45, 2.75) is 44.0 Å². The van der Waals surface area contributed by atoms with E-state index in [1.165, 1.54) is 11.8 Å². The Labute approximate surface area is 100 Å². The number of thioether (sulfide) groups is 1. The summed E-state index contributed by atoms with van der Waals surface area (Å²) in [5.41, 5.74) is 1.08. The van der Waals surface area contributed by atoms with Gasteiger partial charge in [-0.15, -0.1) is 0 Å². The fourth-order valence-corrected chi connectivity index (χ4v) is 2.15. The van der Waals surface area contributed by atoms with Crippen LogP contribution in [0.2, 0.25) is 0 Å². The molecule has 0 aliphatic heterocycles. The average Bonchev–Trinajstić information content (AvgIpc) is 2.73. The van der Waals surface area contributed by atoms with E-state index in [9.17, 15) is 4.79 Å². The maximum Gasteiger partial charge on any atom is 0.319 e. The quantitative estimate of drug-likeness (QED) is 0.615. The molecule has 0 saturated carbocycles. The Kier molecular flexibility index (Phi) is 5.38. The molecule has 0 amide bonds. The molecule has 0 fully saturated rings. The van der Waals surface area contributed by atoms with Crippen molar-refractivity contribution in [2.24, 2.45) is 0 Å². The number of carbonyl (C=O) groups excluding carboxylic acids is 1. The number of hydrogen-bond acceptors (Lipinski definition) is 4. The standard InChI is InChI=1S/C11H18N2O2S/c1-4-8-7-12-11(13-8)16-9(5-2)10(14)15-6-3/h7,9H,4-6H2,1-3H3,(H,12,13)/t9-/m1/s1. The van der Waals surface area contributed by atoms with E-state index >= 15 is 0 Å². The molecule has 0 aliphatic rings. The number of ether oxygens (including phenoxy) is 1. The van der Waals surface area contributed by atoms with E-state index < -0.39 is 0 Å². The molecule has 0 aromatic carbocycles. The lowest BCUT2D eigenvalue weighted by molar-refractivity contribution is -0.142. The molecular formula is C11H18N2O2S. The third-order valence-electron chi connectivity index (χ3n) is 2.16. The Morgan fingerprint density at radius 1 is 1.56 bits per heavy atom. The largest absolute Gasteiger partial charge is 0.465 e. The predicted molar refractivity (Wildman–Crippen MR) is 64.5 cm³/mol. The molecule has 1 heterocycles. The molecule has 0 saturated heterocycles. The van der Waals surface area contributed by atoms with Crippen molar-refractivity contribution in [3.63, 3.8) is 0 Å². The summed E-state index contributed by atoms with van der Waals surface area (Å²) in [6, 6.07) is 0. The molecule has 1 aromatic rings. The van der Waals surface area contributed by atoms with E-state index in [4.69, 9.17) is 4.74 Å². The molecular weight excluding hydrogens is 224 g/mol. The molecule has 4 nitrogen and oxygen atoms in total. The van der Waals surface area contributed by atoms with Gasteiger partial charge in [0.05, 0.1) is 6.61 Å². The zero-order chi connectivity index (χ0) is 12.0. The molecule has 1 aromatic heterocycles. The van der Waals surface area contributed by atoms with Gasteiger partial charge in [0.15, 0.2) is 5.16 Å². The highest BCUT2D eigenvalue weighted by Crippen LogP contribution is 2.23. The minimum atomic E-state index is -0.171. The number of nitrogens with zero attached hydrogens (tertiary/aromatic N) is 1.